The fourth-order valence-corrected chi connectivity index (χ4v) is 4.53. The Labute approximate surface area is 237 Å². The summed E-state index contributed by atoms with van der Waals surface area (Å²) >= 11 is 0. The second-order valence-electron chi connectivity index (χ2n) is 10.8. The third-order valence-corrected chi connectivity index (χ3v) is 7.68. The van der Waals surface area contributed by atoms with E-state index in [0.29, 0.717) is 19.1 Å². The van der Waals surface area contributed by atoms with E-state index in [9.17, 15) is 14.4 Å². The Morgan fingerprint density at radius 1 is 0.564 bits per heavy atom. The lowest BCUT2D eigenvalue weighted by Crippen LogP contribution is -2.20. The van der Waals surface area contributed by atoms with Crippen LogP contribution in [0.1, 0.15) is 150 Å². The van der Waals surface area contributed by atoms with E-state index in [2.05, 4.69) is 41.5 Å². The molecule has 6 heteroatoms. The molecule has 3 atom stereocenters. The van der Waals surface area contributed by atoms with Crippen molar-refractivity contribution in [3.8, 4) is 0 Å². The topological polar surface area (TPSA) is 78.9 Å². The number of carbonyl (C=O) groups is 3. The Kier molecular flexibility index (Phi) is 18.2. The zero-order valence-corrected chi connectivity index (χ0v) is 25.5. The van der Waals surface area contributed by atoms with Gasteiger partial charge >= 0.3 is 17.9 Å². The predicted octanol–water partition coefficient (Wildman–Crippen LogP) is 8.81. The molecule has 0 aliphatic carbocycles. The monoisotopic (exact) mass is 546 g/mol. The number of carbonyl (C=O) groups excluding carboxylic acids is 3. The molecule has 0 N–H and O–H groups in total. The molecular formula is C33H54O6. The Morgan fingerprint density at radius 3 is 1.33 bits per heavy atom. The van der Waals surface area contributed by atoms with Crippen LogP contribution in [0.25, 0.3) is 0 Å². The fourth-order valence-electron chi connectivity index (χ4n) is 4.53. The summed E-state index contributed by atoms with van der Waals surface area (Å²) in [5.41, 5.74) is 0.411. The average molecular weight is 547 g/mol. The fraction of sp³-hybridized carbons (Fsp3) is 0.727. The summed E-state index contributed by atoms with van der Waals surface area (Å²) < 4.78 is 16.9. The van der Waals surface area contributed by atoms with Crippen LogP contribution in [-0.4, -0.2) is 37.7 Å². The van der Waals surface area contributed by atoms with E-state index < -0.39 is 17.9 Å². The Morgan fingerprint density at radius 2 is 0.949 bits per heavy atom. The zero-order chi connectivity index (χ0) is 29.0. The molecule has 0 bridgehead atoms. The minimum atomic E-state index is -0.612. The summed E-state index contributed by atoms with van der Waals surface area (Å²) in [7, 11) is 0. The lowest BCUT2D eigenvalue weighted by Gasteiger charge is -2.18. The van der Waals surface area contributed by atoms with E-state index in [1.54, 1.807) is 0 Å². The zero-order valence-electron chi connectivity index (χ0n) is 25.5. The molecule has 1 rings (SSSR count). The number of benzene rings is 1. The predicted molar refractivity (Wildman–Crippen MR) is 157 cm³/mol. The Hall–Kier alpha value is -2.37. The quantitative estimate of drug-likeness (QED) is 0.113. The van der Waals surface area contributed by atoms with Crippen molar-refractivity contribution in [2.24, 2.45) is 17.8 Å². The summed E-state index contributed by atoms with van der Waals surface area (Å²) in [6.07, 6.45) is 12.3. The molecule has 0 heterocycles. The first-order chi connectivity index (χ1) is 18.8. The van der Waals surface area contributed by atoms with Gasteiger partial charge in [0, 0.05) is 0 Å². The van der Waals surface area contributed by atoms with Gasteiger partial charge in [-0.3, -0.25) is 0 Å². The molecule has 0 saturated heterocycles. The van der Waals surface area contributed by atoms with E-state index >= 15 is 0 Å². The van der Waals surface area contributed by atoms with Gasteiger partial charge in [-0.15, -0.1) is 0 Å². The summed E-state index contributed by atoms with van der Waals surface area (Å²) in [5, 5.41) is 0. The first kappa shape index (κ1) is 34.7. The van der Waals surface area contributed by atoms with Crippen molar-refractivity contribution in [1.29, 1.82) is 0 Å². The van der Waals surface area contributed by atoms with Gasteiger partial charge in [0.2, 0.25) is 0 Å². The first-order valence-electron chi connectivity index (χ1n) is 15.5. The highest BCUT2D eigenvalue weighted by Crippen LogP contribution is 2.21. The minimum absolute atomic E-state index is 0.0550. The van der Waals surface area contributed by atoms with E-state index in [4.69, 9.17) is 14.2 Å². The van der Waals surface area contributed by atoms with Crippen molar-refractivity contribution in [2.75, 3.05) is 19.8 Å². The summed E-state index contributed by atoms with van der Waals surface area (Å²) in [6.45, 7) is 13.6. The molecule has 0 aromatic heterocycles. The van der Waals surface area contributed by atoms with Crippen LogP contribution in [0.5, 0.6) is 0 Å². The van der Waals surface area contributed by atoms with Crippen LogP contribution in [0.15, 0.2) is 18.2 Å². The van der Waals surface area contributed by atoms with Gasteiger partial charge in [0.15, 0.2) is 0 Å². The number of rotatable bonds is 21. The normalized spacial score (nSPS) is 13.4. The molecule has 6 nitrogen and oxygen atoms in total. The maximum absolute atomic E-state index is 13.2. The van der Waals surface area contributed by atoms with E-state index in [1.165, 1.54) is 18.2 Å². The molecule has 0 spiro atoms. The number of ether oxygens (including phenoxy) is 3. The SMILES string of the molecule is CCCC[C@@H](CC)COC(=O)c1ccc(C(=O)OC[C@H](CC)CCCC)c(C(=O)OC[C@@H](CC)CCCC)c1. The lowest BCUT2D eigenvalue weighted by atomic mass is 10.00. The molecule has 222 valence electrons. The number of hydrogen-bond donors (Lipinski definition) is 0. The molecule has 0 fully saturated rings. The summed E-state index contributed by atoms with van der Waals surface area (Å²) in [5.74, 6) is -0.837. The van der Waals surface area contributed by atoms with Crippen LogP contribution < -0.4 is 0 Å². The van der Waals surface area contributed by atoms with Crippen molar-refractivity contribution in [3.63, 3.8) is 0 Å². The molecule has 39 heavy (non-hydrogen) atoms. The van der Waals surface area contributed by atoms with Crippen LogP contribution in [0.2, 0.25) is 0 Å². The summed E-state index contributed by atoms with van der Waals surface area (Å²) in [4.78, 5) is 39.2. The standard InChI is InChI=1S/C33H54O6/c1-7-13-16-25(10-4)22-37-31(34)28-19-20-29(32(35)38-23-26(11-5)17-14-8-2)30(21-28)33(36)39-24-27(12-6)18-15-9-3/h19-21,25-27H,7-18,22-24H2,1-6H3/t25-,26-,27+/m1/s1. The molecule has 0 saturated carbocycles. The maximum atomic E-state index is 13.2. The number of esters is 3. The smallest absolute Gasteiger partial charge is 0.339 e. The minimum Gasteiger partial charge on any atom is -0.462 e. The highest BCUT2D eigenvalue weighted by Gasteiger charge is 2.24. The largest absolute Gasteiger partial charge is 0.462 e. The third kappa shape index (κ3) is 13.0. The molecule has 1 aromatic carbocycles. The molecule has 0 radical (unpaired) electrons. The number of hydrogen-bond acceptors (Lipinski definition) is 6. The van der Waals surface area contributed by atoms with Gasteiger partial charge in [-0.2, -0.15) is 0 Å². The third-order valence-electron chi connectivity index (χ3n) is 7.68. The highest BCUT2D eigenvalue weighted by molar-refractivity contribution is 6.05. The van der Waals surface area contributed by atoms with Gasteiger partial charge in [-0.25, -0.2) is 14.4 Å². The molecule has 0 aliphatic heterocycles. The molecule has 0 aliphatic rings. The van der Waals surface area contributed by atoms with Gasteiger partial charge in [-0.05, 0) is 55.2 Å². The first-order valence-corrected chi connectivity index (χ1v) is 15.5. The Bertz CT molecular complexity index is 849. The maximum Gasteiger partial charge on any atom is 0.339 e. The van der Waals surface area contributed by atoms with Crippen molar-refractivity contribution >= 4 is 17.9 Å². The van der Waals surface area contributed by atoms with Crippen molar-refractivity contribution in [2.45, 2.75) is 119 Å². The van der Waals surface area contributed by atoms with Crippen molar-refractivity contribution < 1.29 is 28.6 Å². The lowest BCUT2D eigenvalue weighted by molar-refractivity contribution is 0.0379. The van der Waals surface area contributed by atoms with Gasteiger partial charge in [0.1, 0.15) is 0 Å². The summed E-state index contributed by atoms with van der Waals surface area (Å²) in [6, 6.07) is 4.45. The van der Waals surface area contributed by atoms with Gasteiger partial charge in [0.25, 0.3) is 0 Å². The molecule has 0 unspecified atom stereocenters. The van der Waals surface area contributed by atoms with E-state index in [-0.39, 0.29) is 35.1 Å². The molecule has 0 amide bonds. The van der Waals surface area contributed by atoms with Gasteiger partial charge < -0.3 is 14.2 Å². The molecular weight excluding hydrogens is 492 g/mol. The van der Waals surface area contributed by atoms with Crippen molar-refractivity contribution in [3.05, 3.63) is 34.9 Å². The second-order valence-corrected chi connectivity index (χ2v) is 10.8. The second kappa shape index (κ2) is 20.5. The van der Waals surface area contributed by atoms with Crippen LogP contribution in [0.3, 0.4) is 0 Å². The van der Waals surface area contributed by atoms with Gasteiger partial charge in [-0.1, -0.05) is 99.3 Å². The van der Waals surface area contributed by atoms with Crippen LogP contribution >= 0.6 is 0 Å². The van der Waals surface area contributed by atoms with E-state index in [0.717, 1.165) is 77.0 Å². The highest BCUT2D eigenvalue weighted by atomic mass is 16.5. The molecule has 1 aromatic rings. The van der Waals surface area contributed by atoms with Crippen LogP contribution in [-0.2, 0) is 14.2 Å². The van der Waals surface area contributed by atoms with E-state index in [1.807, 2.05) is 0 Å². The van der Waals surface area contributed by atoms with Crippen molar-refractivity contribution in [1.82, 2.24) is 0 Å². The van der Waals surface area contributed by atoms with Gasteiger partial charge in [0.05, 0.1) is 36.5 Å². The van der Waals surface area contributed by atoms with Crippen LogP contribution in [0, 0.1) is 17.8 Å². The Balaban J connectivity index is 3.10. The van der Waals surface area contributed by atoms with Crippen LogP contribution in [0.4, 0.5) is 0 Å². The number of unbranched alkanes of at least 4 members (excludes halogenated alkanes) is 3. The average Bonchev–Trinajstić information content (AvgIpc) is 2.96.